The van der Waals surface area contributed by atoms with Crippen LogP contribution in [0.5, 0.6) is 5.75 Å². The molecule has 4 heteroatoms. The summed E-state index contributed by atoms with van der Waals surface area (Å²) in [5, 5.41) is 2.98. The van der Waals surface area contributed by atoms with Gasteiger partial charge in [0.1, 0.15) is 5.75 Å². The van der Waals surface area contributed by atoms with E-state index in [1.54, 1.807) is 0 Å². The molecule has 0 aromatic heterocycles. The van der Waals surface area contributed by atoms with Crippen molar-refractivity contribution >= 4 is 17.7 Å². The topological polar surface area (TPSA) is 38.3 Å². The molecular weight excluding hydrogens is 354 g/mol. The second-order valence-corrected chi connectivity index (χ2v) is 8.27. The first kappa shape index (κ1) is 19.8. The lowest BCUT2D eigenvalue weighted by Gasteiger charge is -2.19. The summed E-state index contributed by atoms with van der Waals surface area (Å²) in [4.78, 5) is 12.3. The van der Waals surface area contributed by atoms with Crippen molar-refractivity contribution in [1.29, 1.82) is 0 Å². The van der Waals surface area contributed by atoms with Crippen LogP contribution in [0, 0.1) is 6.92 Å². The molecule has 144 valence electrons. The summed E-state index contributed by atoms with van der Waals surface area (Å²) in [6, 6.07) is 14.7. The molecule has 0 fully saturated rings. The number of carbonyl (C=O) groups excluding carboxylic acids is 1. The number of hydrogen-bond donors (Lipinski definition) is 1. The highest BCUT2D eigenvalue weighted by molar-refractivity contribution is 7.98. The number of hydrogen-bond acceptors (Lipinski definition) is 3. The number of amides is 1. The van der Waals surface area contributed by atoms with Crippen LogP contribution < -0.4 is 10.1 Å². The number of rotatable bonds is 8. The highest BCUT2D eigenvalue weighted by Crippen LogP contribution is 2.25. The van der Waals surface area contributed by atoms with Crippen molar-refractivity contribution in [3.8, 4) is 5.75 Å². The number of aryl methyl sites for hydroxylation is 3. The van der Waals surface area contributed by atoms with Gasteiger partial charge in [0, 0.05) is 18.1 Å². The van der Waals surface area contributed by atoms with E-state index in [2.05, 4.69) is 48.6 Å². The molecule has 0 unspecified atom stereocenters. The lowest BCUT2D eigenvalue weighted by atomic mass is 9.92. The Kier molecular flexibility index (Phi) is 7.22. The highest BCUT2D eigenvalue weighted by Gasteiger charge is 2.16. The van der Waals surface area contributed by atoms with Gasteiger partial charge in [-0.1, -0.05) is 30.3 Å². The van der Waals surface area contributed by atoms with Gasteiger partial charge in [0.05, 0.1) is 0 Å². The van der Waals surface area contributed by atoms with E-state index in [-0.39, 0.29) is 5.91 Å². The number of fused-ring (bicyclic) bond motifs is 1. The first-order valence-electron chi connectivity index (χ1n) is 9.82. The van der Waals surface area contributed by atoms with Gasteiger partial charge in [0.15, 0.2) is 6.10 Å². The molecule has 27 heavy (non-hydrogen) atoms. The molecule has 1 aliphatic rings. The van der Waals surface area contributed by atoms with Crippen LogP contribution in [0.2, 0.25) is 0 Å². The van der Waals surface area contributed by atoms with Crippen LogP contribution in [0.25, 0.3) is 0 Å². The Hall–Kier alpha value is -1.94. The average molecular weight is 384 g/mol. The lowest BCUT2D eigenvalue weighted by molar-refractivity contribution is -0.127. The average Bonchev–Trinajstić information content (AvgIpc) is 2.68. The number of nitrogens with one attached hydrogen (secondary N) is 1. The van der Waals surface area contributed by atoms with Gasteiger partial charge in [-0.3, -0.25) is 4.79 Å². The van der Waals surface area contributed by atoms with Crippen molar-refractivity contribution in [2.24, 2.45) is 0 Å². The largest absolute Gasteiger partial charge is 0.481 e. The molecule has 1 atom stereocenters. The molecule has 2 aromatic rings. The summed E-state index contributed by atoms with van der Waals surface area (Å²) >= 11 is 1.84. The van der Waals surface area contributed by atoms with E-state index in [4.69, 9.17) is 4.74 Å². The lowest BCUT2D eigenvalue weighted by Crippen LogP contribution is -2.37. The molecule has 0 spiro atoms. The third kappa shape index (κ3) is 5.77. The predicted octanol–water partition coefficient (Wildman–Crippen LogP) is 4.69. The fourth-order valence-electron chi connectivity index (χ4n) is 3.39. The van der Waals surface area contributed by atoms with E-state index in [1.807, 2.05) is 24.8 Å². The van der Waals surface area contributed by atoms with Crippen molar-refractivity contribution in [1.82, 2.24) is 5.32 Å². The van der Waals surface area contributed by atoms with Gasteiger partial charge in [-0.15, -0.1) is 0 Å². The van der Waals surface area contributed by atoms with Crippen molar-refractivity contribution in [3.05, 3.63) is 64.7 Å². The van der Waals surface area contributed by atoms with E-state index >= 15 is 0 Å². The molecule has 3 rings (SSSR count). The van der Waals surface area contributed by atoms with Crippen LogP contribution in [0.3, 0.4) is 0 Å². The monoisotopic (exact) mass is 383 g/mol. The SMILES string of the molecule is Cc1ccccc1CSCCNC(=O)[C@H](C)Oc1ccc2c(c1)CCCC2. The molecule has 0 aliphatic heterocycles. The second kappa shape index (κ2) is 9.84. The molecule has 1 aliphatic carbocycles. The molecule has 0 heterocycles. The fourth-order valence-corrected chi connectivity index (χ4v) is 4.32. The van der Waals surface area contributed by atoms with Gasteiger partial charge < -0.3 is 10.1 Å². The second-order valence-electron chi connectivity index (χ2n) is 7.17. The smallest absolute Gasteiger partial charge is 0.260 e. The zero-order valence-corrected chi connectivity index (χ0v) is 17.1. The zero-order valence-electron chi connectivity index (χ0n) is 16.3. The minimum atomic E-state index is -0.479. The van der Waals surface area contributed by atoms with E-state index in [0.29, 0.717) is 6.54 Å². The third-order valence-corrected chi connectivity index (χ3v) is 6.07. The molecular formula is C23H29NO2S. The van der Waals surface area contributed by atoms with Crippen LogP contribution in [-0.4, -0.2) is 24.3 Å². The Morgan fingerprint density at radius 3 is 2.74 bits per heavy atom. The van der Waals surface area contributed by atoms with Gasteiger partial charge in [-0.2, -0.15) is 11.8 Å². The van der Waals surface area contributed by atoms with Gasteiger partial charge in [-0.05, 0) is 73.9 Å². The maximum atomic E-state index is 12.3. The van der Waals surface area contributed by atoms with Crippen molar-refractivity contribution in [3.63, 3.8) is 0 Å². The molecule has 2 aromatic carbocycles. The van der Waals surface area contributed by atoms with E-state index in [1.165, 1.54) is 35.1 Å². The Bertz CT molecular complexity index is 775. The van der Waals surface area contributed by atoms with Gasteiger partial charge in [-0.25, -0.2) is 0 Å². The maximum Gasteiger partial charge on any atom is 0.260 e. The summed E-state index contributed by atoms with van der Waals surface area (Å²) in [6.07, 6.45) is 4.31. The van der Waals surface area contributed by atoms with E-state index in [9.17, 15) is 4.79 Å². The fraction of sp³-hybridized carbons (Fsp3) is 0.435. The minimum absolute atomic E-state index is 0.0517. The Labute approximate surface area is 166 Å². The normalized spacial score (nSPS) is 14.3. The van der Waals surface area contributed by atoms with Crippen LogP contribution >= 0.6 is 11.8 Å². The van der Waals surface area contributed by atoms with Crippen LogP contribution in [-0.2, 0) is 23.4 Å². The Balaban J connectivity index is 1.38. The number of thioether (sulfide) groups is 1. The number of benzene rings is 2. The van der Waals surface area contributed by atoms with Crippen LogP contribution in [0.4, 0.5) is 0 Å². The number of ether oxygens (including phenoxy) is 1. The van der Waals surface area contributed by atoms with Gasteiger partial charge in [0.2, 0.25) is 0 Å². The molecule has 1 amide bonds. The van der Waals surface area contributed by atoms with Crippen molar-refractivity contribution in [2.75, 3.05) is 12.3 Å². The molecule has 0 saturated heterocycles. The minimum Gasteiger partial charge on any atom is -0.481 e. The van der Waals surface area contributed by atoms with E-state index in [0.717, 1.165) is 30.1 Å². The Morgan fingerprint density at radius 2 is 1.93 bits per heavy atom. The van der Waals surface area contributed by atoms with Crippen molar-refractivity contribution in [2.45, 2.75) is 51.4 Å². The molecule has 0 radical (unpaired) electrons. The van der Waals surface area contributed by atoms with Gasteiger partial charge >= 0.3 is 0 Å². The van der Waals surface area contributed by atoms with Crippen LogP contribution in [0.1, 0.15) is 42.0 Å². The maximum absolute atomic E-state index is 12.3. The molecule has 0 bridgehead atoms. The summed E-state index contributed by atoms with van der Waals surface area (Å²) in [6.45, 7) is 4.61. The highest BCUT2D eigenvalue weighted by atomic mass is 32.2. The standard InChI is InChI=1S/C23H29NO2S/c1-17-7-3-4-10-21(17)16-27-14-13-24-23(25)18(2)26-22-12-11-19-8-5-6-9-20(19)15-22/h3-4,7,10-12,15,18H,5-6,8-9,13-14,16H2,1-2H3,(H,24,25)/t18-/m0/s1. The molecule has 0 saturated carbocycles. The van der Waals surface area contributed by atoms with Gasteiger partial charge in [0.25, 0.3) is 5.91 Å². The first-order valence-corrected chi connectivity index (χ1v) is 11.0. The zero-order chi connectivity index (χ0) is 19.1. The Morgan fingerprint density at radius 1 is 1.15 bits per heavy atom. The quantitative estimate of drug-likeness (QED) is 0.672. The third-order valence-electron chi connectivity index (χ3n) is 5.07. The number of carbonyl (C=O) groups is 1. The predicted molar refractivity (Wildman–Crippen MR) is 114 cm³/mol. The van der Waals surface area contributed by atoms with Crippen LogP contribution in [0.15, 0.2) is 42.5 Å². The van der Waals surface area contributed by atoms with Crippen molar-refractivity contribution < 1.29 is 9.53 Å². The molecule has 1 N–H and O–H groups in total. The summed E-state index contributed by atoms with van der Waals surface area (Å²) in [5.74, 6) is 2.62. The molecule has 3 nitrogen and oxygen atoms in total. The van der Waals surface area contributed by atoms with E-state index < -0.39 is 6.10 Å². The summed E-state index contributed by atoms with van der Waals surface area (Å²) in [5.41, 5.74) is 5.48. The first-order chi connectivity index (χ1) is 13.1. The summed E-state index contributed by atoms with van der Waals surface area (Å²) in [7, 11) is 0. The summed E-state index contributed by atoms with van der Waals surface area (Å²) < 4.78 is 5.87.